The Hall–Kier alpha value is -1.62. The van der Waals surface area contributed by atoms with Gasteiger partial charge in [0.25, 0.3) is 0 Å². The number of hydrogen-bond donors (Lipinski definition) is 0. The molecule has 1 aliphatic rings. The van der Waals surface area contributed by atoms with E-state index in [4.69, 9.17) is 0 Å². The van der Waals surface area contributed by atoms with Crippen LogP contribution in [0.5, 0.6) is 0 Å². The molecular weight excluding hydrogens is 342 g/mol. The van der Waals surface area contributed by atoms with Crippen molar-refractivity contribution in [1.29, 1.82) is 0 Å². The molecule has 2 atom stereocenters. The van der Waals surface area contributed by atoms with Gasteiger partial charge in [0.15, 0.2) is 0 Å². The minimum absolute atomic E-state index is 0.341. The van der Waals surface area contributed by atoms with E-state index in [0.717, 1.165) is 32.2 Å². The predicted molar refractivity (Wildman–Crippen MR) is 110 cm³/mol. The third kappa shape index (κ3) is 5.19. The molecular formula is C21H33N3OS. The second-order valence-electron chi connectivity index (χ2n) is 6.82. The highest BCUT2D eigenvalue weighted by Gasteiger charge is 2.26. The Morgan fingerprint density at radius 1 is 1.31 bits per heavy atom. The van der Waals surface area contributed by atoms with Crippen LogP contribution in [0.1, 0.15) is 75.8 Å². The molecule has 1 fully saturated rings. The van der Waals surface area contributed by atoms with E-state index in [1.54, 1.807) is 0 Å². The molecule has 1 aliphatic heterocycles. The first-order valence-electron chi connectivity index (χ1n) is 9.97. The maximum Gasteiger partial charge on any atom is 0.222 e. The molecule has 0 bridgehead atoms. The number of hydrogen-bond acceptors (Lipinski definition) is 3. The normalized spacial score (nSPS) is 17.9. The van der Waals surface area contributed by atoms with E-state index in [-0.39, 0.29) is 0 Å². The van der Waals surface area contributed by atoms with Crippen LogP contribution in [0.3, 0.4) is 0 Å². The number of rotatable bonds is 8. The zero-order valence-electron chi connectivity index (χ0n) is 16.6. The van der Waals surface area contributed by atoms with Crippen LogP contribution in [0, 0.1) is 6.92 Å². The standard InChI is InChI=1S/C19H27N3OS.C2H6/c1-15-9-13-24-19(15)17(21-12-10-20-14-21)6-4-3-5-11-22-16(2)7-8-18(22)23;1-2/h9-10,12-14,16-17H,3-8,11H2,1-2H3;1-2H3/t16-,17?;/m1./s1. The van der Waals surface area contributed by atoms with Crippen molar-refractivity contribution in [3.63, 3.8) is 0 Å². The number of imidazole rings is 1. The van der Waals surface area contributed by atoms with Gasteiger partial charge < -0.3 is 9.47 Å². The van der Waals surface area contributed by atoms with E-state index < -0.39 is 0 Å². The first-order chi connectivity index (χ1) is 12.7. The number of carbonyl (C=O) groups is 1. The average Bonchev–Trinajstić information content (AvgIpc) is 3.38. The summed E-state index contributed by atoms with van der Waals surface area (Å²) < 4.78 is 2.23. The van der Waals surface area contributed by atoms with Crippen LogP contribution in [0.25, 0.3) is 0 Å². The van der Waals surface area contributed by atoms with Crippen LogP contribution in [0.15, 0.2) is 30.2 Å². The second kappa shape index (κ2) is 10.5. The largest absolute Gasteiger partial charge is 0.340 e. The smallest absolute Gasteiger partial charge is 0.222 e. The molecule has 1 saturated heterocycles. The summed E-state index contributed by atoms with van der Waals surface area (Å²) in [6, 6.07) is 3.02. The van der Waals surface area contributed by atoms with Gasteiger partial charge in [-0.3, -0.25) is 4.79 Å². The molecule has 0 N–H and O–H groups in total. The molecule has 5 heteroatoms. The van der Waals surface area contributed by atoms with Gasteiger partial charge in [-0.1, -0.05) is 26.7 Å². The Labute approximate surface area is 162 Å². The summed E-state index contributed by atoms with van der Waals surface area (Å²) in [5.74, 6) is 0.341. The van der Waals surface area contributed by atoms with Crippen molar-refractivity contribution < 1.29 is 4.79 Å². The summed E-state index contributed by atoms with van der Waals surface area (Å²) in [6.45, 7) is 9.28. The molecule has 2 aromatic heterocycles. The lowest BCUT2D eigenvalue weighted by Gasteiger charge is -2.22. The van der Waals surface area contributed by atoms with Gasteiger partial charge in [-0.05, 0) is 50.1 Å². The summed E-state index contributed by atoms with van der Waals surface area (Å²) in [7, 11) is 0. The molecule has 0 aromatic carbocycles. The molecule has 2 aromatic rings. The number of aromatic nitrogens is 2. The molecule has 3 rings (SSSR count). The SMILES string of the molecule is CC.Cc1ccsc1C(CCCCCN1C(=O)CC[C@H]1C)n1ccnc1. The summed E-state index contributed by atoms with van der Waals surface area (Å²) in [6.07, 6.45) is 12.2. The van der Waals surface area contributed by atoms with Crippen LogP contribution in [0.2, 0.25) is 0 Å². The fourth-order valence-corrected chi connectivity index (χ4v) is 4.68. The molecule has 144 valence electrons. The van der Waals surface area contributed by atoms with Crippen molar-refractivity contribution in [1.82, 2.24) is 14.5 Å². The highest BCUT2D eigenvalue weighted by molar-refractivity contribution is 7.10. The van der Waals surface area contributed by atoms with Crippen LogP contribution >= 0.6 is 11.3 Å². The summed E-state index contributed by atoms with van der Waals surface area (Å²) >= 11 is 1.84. The molecule has 3 heterocycles. The van der Waals surface area contributed by atoms with Crippen molar-refractivity contribution in [3.05, 3.63) is 40.6 Å². The average molecular weight is 376 g/mol. The van der Waals surface area contributed by atoms with Crippen LogP contribution in [0.4, 0.5) is 0 Å². The van der Waals surface area contributed by atoms with Gasteiger partial charge in [0.05, 0.1) is 12.4 Å². The molecule has 4 nitrogen and oxygen atoms in total. The molecule has 0 spiro atoms. The van der Waals surface area contributed by atoms with Crippen LogP contribution in [-0.2, 0) is 4.79 Å². The van der Waals surface area contributed by atoms with Gasteiger partial charge in [-0.25, -0.2) is 4.98 Å². The minimum Gasteiger partial charge on any atom is -0.340 e. The third-order valence-corrected chi connectivity index (χ3v) is 6.21. The van der Waals surface area contributed by atoms with E-state index in [2.05, 4.69) is 45.9 Å². The fraction of sp³-hybridized carbons (Fsp3) is 0.619. The van der Waals surface area contributed by atoms with E-state index >= 15 is 0 Å². The van der Waals surface area contributed by atoms with E-state index in [1.807, 2.05) is 37.7 Å². The highest BCUT2D eigenvalue weighted by Crippen LogP contribution is 2.31. The van der Waals surface area contributed by atoms with Gasteiger partial charge in [0.1, 0.15) is 0 Å². The number of amides is 1. The zero-order chi connectivity index (χ0) is 18.9. The first kappa shape index (κ1) is 20.7. The summed E-state index contributed by atoms with van der Waals surface area (Å²) in [5.41, 5.74) is 1.37. The number of aryl methyl sites for hydroxylation is 1. The molecule has 1 amide bonds. The minimum atomic E-state index is 0.341. The lowest BCUT2D eigenvalue weighted by atomic mass is 10.0. The van der Waals surface area contributed by atoms with Crippen molar-refractivity contribution in [3.8, 4) is 0 Å². The number of likely N-dealkylation sites (tertiary alicyclic amines) is 1. The van der Waals surface area contributed by atoms with Crippen LogP contribution < -0.4 is 0 Å². The second-order valence-corrected chi connectivity index (χ2v) is 7.77. The Morgan fingerprint density at radius 2 is 2.12 bits per heavy atom. The van der Waals surface area contributed by atoms with Crippen molar-refractivity contribution >= 4 is 17.2 Å². The van der Waals surface area contributed by atoms with Gasteiger partial charge >= 0.3 is 0 Å². The fourth-order valence-electron chi connectivity index (χ4n) is 3.61. The topological polar surface area (TPSA) is 38.1 Å². The highest BCUT2D eigenvalue weighted by atomic mass is 32.1. The van der Waals surface area contributed by atoms with Crippen LogP contribution in [-0.4, -0.2) is 32.9 Å². The Morgan fingerprint density at radius 3 is 2.69 bits per heavy atom. The van der Waals surface area contributed by atoms with Gasteiger partial charge in [0, 0.05) is 36.3 Å². The maximum absolute atomic E-state index is 11.8. The van der Waals surface area contributed by atoms with Crippen molar-refractivity contribution in [2.75, 3.05) is 6.54 Å². The summed E-state index contributed by atoms with van der Waals surface area (Å²) in [5, 5.41) is 2.18. The number of thiophene rings is 1. The van der Waals surface area contributed by atoms with Crippen molar-refractivity contribution in [2.45, 2.75) is 78.3 Å². The predicted octanol–water partition coefficient (Wildman–Crippen LogP) is 5.44. The molecule has 0 saturated carbocycles. The monoisotopic (exact) mass is 375 g/mol. The van der Waals surface area contributed by atoms with Gasteiger partial charge in [-0.15, -0.1) is 11.3 Å². The molecule has 26 heavy (non-hydrogen) atoms. The lowest BCUT2D eigenvalue weighted by Crippen LogP contribution is -2.31. The summed E-state index contributed by atoms with van der Waals surface area (Å²) in [4.78, 5) is 19.5. The van der Waals surface area contributed by atoms with Gasteiger partial charge in [0.2, 0.25) is 5.91 Å². The van der Waals surface area contributed by atoms with Gasteiger partial charge in [-0.2, -0.15) is 0 Å². The molecule has 1 unspecified atom stereocenters. The Balaban J connectivity index is 0.00000117. The Kier molecular flexibility index (Phi) is 8.36. The quantitative estimate of drug-likeness (QED) is 0.576. The molecule has 0 radical (unpaired) electrons. The third-order valence-electron chi connectivity index (χ3n) is 5.09. The van der Waals surface area contributed by atoms with E-state index in [9.17, 15) is 4.79 Å². The number of unbranched alkanes of at least 4 members (excludes halogenated alkanes) is 2. The molecule has 0 aliphatic carbocycles. The number of carbonyl (C=O) groups excluding carboxylic acids is 1. The van der Waals surface area contributed by atoms with Crippen molar-refractivity contribution in [2.24, 2.45) is 0 Å². The zero-order valence-corrected chi connectivity index (χ0v) is 17.5. The van der Waals surface area contributed by atoms with E-state index in [1.165, 1.54) is 23.3 Å². The van der Waals surface area contributed by atoms with E-state index in [0.29, 0.717) is 18.0 Å². The lowest BCUT2D eigenvalue weighted by molar-refractivity contribution is -0.128. The Bertz CT molecular complexity index is 650. The number of nitrogens with zero attached hydrogens (tertiary/aromatic N) is 3. The maximum atomic E-state index is 11.8. The first-order valence-corrected chi connectivity index (χ1v) is 10.9.